The van der Waals surface area contributed by atoms with E-state index in [4.69, 9.17) is 4.74 Å². The average molecular weight is 513 g/mol. The Morgan fingerprint density at radius 3 is 2.19 bits per heavy atom. The van der Waals surface area contributed by atoms with E-state index in [9.17, 15) is 19.5 Å². The van der Waals surface area contributed by atoms with Gasteiger partial charge in [0.05, 0.1) is 5.41 Å². The van der Waals surface area contributed by atoms with Crippen molar-refractivity contribution >= 4 is 17.7 Å². The molecule has 0 saturated heterocycles. The van der Waals surface area contributed by atoms with Crippen molar-refractivity contribution < 1.29 is 24.2 Å². The third-order valence-electron chi connectivity index (χ3n) is 13.3. The van der Waals surface area contributed by atoms with Gasteiger partial charge < -0.3 is 9.84 Å². The lowest BCUT2D eigenvalue weighted by atomic mass is 9.33. The summed E-state index contributed by atoms with van der Waals surface area (Å²) in [6, 6.07) is 0. The van der Waals surface area contributed by atoms with Crippen molar-refractivity contribution in [2.24, 2.45) is 50.2 Å². The van der Waals surface area contributed by atoms with Crippen LogP contribution in [0.25, 0.3) is 0 Å². The maximum absolute atomic E-state index is 14.4. The number of allylic oxidation sites excluding steroid dienone is 2. The molecule has 1 N–H and O–H groups in total. The van der Waals surface area contributed by atoms with Gasteiger partial charge in [-0.3, -0.25) is 14.4 Å². The number of aliphatic carboxylic acids is 1. The maximum Gasteiger partial charge on any atom is 0.309 e. The molecule has 0 bridgehead atoms. The molecule has 0 amide bonds. The number of esters is 1. The molecule has 37 heavy (non-hydrogen) atoms. The summed E-state index contributed by atoms with van der Waals surface area (Å²) in [5.74, 6) is -0.280. The van der Waals surface area contributed by atoms with Crippen LogP contribution in [0.4, 0.5) is 0 Å². The second-order valence-corrected chi connectivity index (χ2v) is 15.5. The minimum Gasteiger partial charge on any atom is -0.481 e. The smallest absolute Gasteiger partial charge is 0.309 e. The lowest BCUT2D eigenvalue weighted by molar-refractivity contribution is -0.210. The highest BCUT2D eigenvalue weighted by Gasteiger charge is 2.70. The van der Waals surface area contributed by atoms with Crippen molar-refractivity contribution in [1.82, 2.24) is 0 Å². The van der Waals surface area contributed by atoms with Crippen LogP contribution in [0.3, 0.4) is 0 Å². The van der Waals surface area contributed by atoms with Gasteiger partial charge in [-0.25, -0.2) is 0 Å². The molecule has 206 valence electrons. The zero-order valence-electron chi connectivity index (χ0n) is 24.3. The normalized spacial score (nSPS) is 50.5. The number of fused-ring (bicyclic) bond motifs is 7. The maximum atomic E-state index is 14.4. The average Bonchev–Trinajstić information content (AvgIpc) is 2.78. The largest absolute Gasteiger partial charge is 0.481 e. The van der Waals surface area contributed by atoms with Crippen molar-refractivity contribution in [2.45, 2.75) is 119 Å². The van der Waals surface area contributed by atoms with Crippen molar-refractivity contribution in [3.63, 3.8) is 0 Å². The molecule has 0 radical (unpaired) electrons. The molecule has 5 heteroatoms. The second kappa shape index (κ2) is 7.94. The second-order valence-electron chi connectivity index (χ2n) is 15.5. The van der Waals surface area contributed by atoms with Gasteiger partial charge in [0.15, 0.2) is 5.78 Å². The van der Waals surface area contributed by atoms with Gasteiger partial charge in [0.1, 0.15) is 6.10 Å². The van der Waals surface area contributed by atoms with E-state index >= 15 is 0 Å². The van der Waals surface area contributed by atoms with E-state index in [0.717, 1.165) is 44.9 Å². The molecule has 0 spiro atoms. The molecule has 0 heterocycles. The molecule has 0 aromatic heterocycles. The lowest BCUT2D eigenvalue weighted by Crippen LogP contribution is -2.66. The topological polar surface area (TPSA) is 80.7 Å². The van der Waals surface area contributed by atoms with E-state index in [0.29, 0.717) is 18.8 Å². The van der Waals surface area contributed by atoms with Crippen LogP contribution in [0.1, 0.15) is 113 Å². The molecule has 0 aromatic rings. The summed E-state index contributed by atoms with van der Waals surface area (Å²) in [4.78, 5) is 38.5. The van der Waals surface area contributed by atoms with Crippen molar-refractivity contribution in [2.75, 3.05) is 0 Å². The van der Waals surface area contributed by atoms with Gasteiger partial charge in [-0.15, -0.1) is 0 Å². The van der Waals surface area contributed by atoms with Gasteiger partial charge in [0.2, 0.25) is 0 Å². The van der Waals surface area contributed by atoms with Crippen LogP contribution in [-0.4, -0.2) is 28.9 Å². The Bertz CT molecular complexity index is 1070. The first kappa shape index (κ1) is 26.9. The molecule has 0 aliphatic heterocycles. The summed E-state index contributed by atoms with van der Waals surface area (Å²) in [6.45, 7) is 17.4. The van der Waals surface area contributed by atoms with Crippen LogP contribution >= 0.6 is 0 Å². The Morgan fingerprint density at radius 2 is 1.57 bits per heavy atom. The minimum absolute atomic E-state index is 0.0644. The van der Waals surface area contributed by atoms with Gasteiger partial charge in [-0.1, -0.05) is 47.1 Å². The quantitative estimate of drug-likeness (QED) is 0.404. The van der Waals surface area contributed by atoms with Gasteiger partial charge in [-0.05, 0) is 104 Å². The Balaban J connectivity index is 1.58. The minimum atomic E-state index is -0.729. The molecular formula is C32H48O5. The summed E-state index contributed by atoms with van der Waals surface area (Å²) in [5.41, 5.74) is -0.0327. The summed E-state index contributed by atoms with van der Waals surface area (Å²) in [7, 11) is 0. The molecule has 5 nitrogen and oxygen atoms in total. The Labute approximate surface area is 223 Å². The number of ether oxygens (including phenoxy) is 1. The summed E-state index contributed by atoms with van der Waals surface area (Å²) in [5, 5.41) is 10.1. The van der Waals surface area contributed by atoms with Crippen LogP contribution in [0.2, 0.25) is 0 Å². The zero-order chi connectivity index (χ0) is 27.4. The summed E-state index contributed by atoms with van der Waals surface area (Å²) in [6.07, 6.45) is 10.0. The molecule has 9 atom stereocenters. The first-order valence-electron chi connectivity index (χ1n) is 14.6. The van der Waals surface area contributed by atoms with Crippen molar-refractivity contribution in [1.29, 1.82) is 0 Å². The zero-order valence-corrected chi connectivity index (χ0v) is 24.3. The lowest BCUT2D eigenvalue weighted by Gasteiger charge is -2.70. The molecule has 5 rings (SSSR count). The van der Waals surface area contributed by atoms with Gasteiger partial charge in [0.25, 0.3) is 0 Å². The van der Waals surface area contributed by atoms with Crippen LogP contribution < -0.4 is 0 Å². The van der Waals surface area contributed by atoms with E-state index in [1.54, 1.807) is 0 Å². The third-order valence-corrected chi connectivity index (χ3v) is 13.3. The Kier molecular flexibility index (Phi) is 5.78. The van der Waals surface area contributed by atoms with Crippen molar-refractivity contribution in [3.8, 4) is 0 Å². The summed E-state index contributed by atoms with van der Waals surface area (Å²) < 4.78 is 5.82. The van der Waals surface area contributed by atoms with E-state index in [-0.39, 0.29) is 56.8 Å². The fraction of sp³-hybridized carbons (Fsp3) is 0.844. The standard InChI is InChI=1S/C32H48O5/c1-19(33)37-24-10-11-30(6)23(27(24,2)3)9-12-32(8)25(30)22(34)17-20-21-18-29(5,26(35)36)14-13-28(21,4)15-16-31(20,32)7/h17,21,23-25H,9-16,18H2,1-8H3,(H,35,36)/t21-,23+,24+,25-,28-,29-,30+,31-,32-/m1/s1. The highest BCUT2D eigenvalue weighted by atomic mass is 16.5. The fourth-order valence-corrected chi connectivity index (χ4v) is 10.8. The van der Waals surface area contributed by atoms with Crippen LogP contribution in [0.15, 0.2) is 11.6 Å². The number of ketones is 1. The predicted molar refractivity (Wildman–Crippen MR) is 143 cm³/mol. The van der Waals surface area contributed by atoms with Crippen molar-refractivity contribution in [3.05, 3.63) is 11.6 Å². The molecule has 4 saturated carbocycles. The summed E-state index contributed by atoms with van der Waals surface area (Å²) >= 11 is 0. The number of hydrogen-bond donors (Lipinski definition) is 1. The molecule has 5 aliphatic rings. The van der Waals surface area contributed by atoms with E-state index in [1.165, 1.54) is 12.5 Å². The predicted octanol–water partition coefficient (Wildman–Crippen LogP) is 6.98. The number of carboxylic acids is 1. The van der Waals surface area contributed by atoms with E-state index in [1.807, 2.05) is 13.0 Å². The number of carbonyl (C=O) groups excluding carboxylic acids is 2. The third kappa shape index (κ3) is 3.43. The highest BCUT2D eigenvalue weighted by Crippen LogP contribution is 2.75. The molecule has 0 unspecified atom stereocenters. The van der Waals surface area contributed by atoms with E-state index in [2.05, 4.69) is 41.5 Å². The number of carboxylic acid groups (broad SMARTS) is 1. The Hall–Kier alpha value is -1.65. The molecule has 0 aromatic carbocycles. The van der Waals surface area contributed by atoms with E-state index < -0.39 is 11.4 Å². The van der Waals surface area contributed by atoms with Crippen LogP contribution in [-0.2, 0) is 19.1 Å². The van der Waals surface area contributed by atoms with Crippen LogP contribution in [0.5, 0.6) is 0 Å². The number of carbonyl (C=O) groups is 3. The Morgan fingerprint density at radius 1 is 0.919 bits per heavy atom. The molecule has 5 aliphatic carbocycles. The van der Waals surface area contributed by atoms with Gasteiger partial charge in [-0.2, -0.15) is 0 Å². The SMILES string of the molecule is CC(=O)O[C@H]1CC[C@]2(C)[C@H]3C(=O)C=C4[C@H]5C[C@](C)(C(=O)O)CC[C@]5(C)CC[C@@]4(C)[C@]3(C)CC[C@H]2C1(C)C. The monoisotopic (exact) mass is 512 g/mol. The fourth-order valence-electron chi connectivity index (χ4n) is 10.8. The van der Waals surface area contributed by atoms with Crippen LogP contribution in [0, 0.1) is 50.2 Å². The first-order chi connectivity index (χ1) is 16.9. The van der Waals surface area contributed by atoms with Gasteiger partial charge in [0, 0.05) is 18.3 Å². The highest BCUT2D eigenvalue weighted by molar-refractivity contribution is 5.95. The molecular weight excluding hydrogens is 464 g/mol. The number of hydrogen-bond acceptors (Lipinski definition) is 4. The van der Waals surface area contributed by atoms with Gasteiger partial charge >= 0.3 is 11.9 Å². The first-order valence-corrected chi connectivity index (χ1v) is 14.6. The molecule has 4 fully saturated rings. The number of rotatable bonds is 2.